The second-order valence-electron chi connectivity index (χ2n) is 4.09. The Labute approximate surface area is 116 Å². The van der Waals surface area contributed by atoms with E-state index < -0.39 is 0 Å². The van der Waals surface area contributed by atoms with Gasteiger partial charge in [0.2, 0.25) is 5.12 Å². The summed E-state index contributed by atoms with van der Waals surface area (Å²) in [5.74, 6) is 0.940. The SMILES string of the molecule is CCSC1=N/C(=C\c2cc(C)ccc2C)C(=O)S1. The van der Waals surface area contributed by atoms with Crippen LogP contribution in [0.4, 0.5) is 0 Å². The number of nitrogens with zero attached hydrogens (tertiary/aromatic N) is 1. The van der Waals surface area contributed by atoms with Crippen LogP contribution in [-0.4, -0.2) is 15.2 Å². The molecule has 1 aromatic rings. The van der Waals surface area contributed by atoms with Crippen LogP contribution < -0.4 is 0 Å². The van der Waals surface area contributed by atoms with Crippen LogP contribution in [0.15, 0.2) is 28.9 Å². The monoisotopic (exact) mass is 277 g/mol. The number of hydrogen-bond donors (Lipinski definition) is 0. The number of hydrogen-bond acceptors (Lipinski definition) is 4. The van der Waals surface area contributed by atoms with Gasteiger partial charge in [0.05, 0.1) is 0 Å². The van der Waals surface area contributed by atoms with Crippen molar-refractivity contribution >= 4 is 39.1 Å². The van der Waals surface area contributed by atoms with E-state index in [1.807, 2.05) is 19.9 Å². The van der Waals surface area contributed by atoms with E-state index >= 15 is 0 Å². The summed E-state index contributed by atoms with van der Waals surface area (Å²) in [4.78, 5) is 16.2. The molecule has 0 atom stereocenters. The Morgan fingerprint density at radius 1 is 1.39 bits per heavy atom. The van der Waals surface area contributed by atoms with E-state index in [2.05, 4.69) is 30.1 Å². The van der Waals surface area contributed by atoms with Gasteiger partial charge in [-0.25, -0.2) is 4.99 Å². The summed E-state index contributed by atoms with van der Waals surface area (Å²) in [6.45, 7) is 6.16. The van der Waals surface area contributed by atoms with E-state index in [4.69, 9.17) is 0 Å². The van der Waals surface area contributed by atoms with E-state index in [1.54, 1.807) is 11.8 Å². The average Bonchev–Trinajstić information content (AvgIpc) is 2.65. The van der Waals surface area contributed by atoms with E-state index in [-0.39, 0.29) is 5.12 Å². The van der Waals surface area contributed by atoms with Crippen molar-refractivity contribution in [1.82, 2.24) is 0 Å². The second-order valence-corrected chi connectivity index (χ2v) is 6.56. The smallest absolute Gasteiger partial charge is 0.244 e. The van der Waals surface area contributed by atoms with E-state index in [1.165, 1.54) is 17.3 Å². The zero-order valence-electron chi connectivity index (χ0n) is 10.7. The molecule has 1 heterocycles. The molecule has 0 radical (unpaired) electrons. The third-order valence-corrected chi connectivity index (χ3v) is 4.49. The van der Waals surface area contributed by atoms with Crippen LogP contribution in [0.25, 0.3) is 6.08 Å². The van der Waals surface area contributed by atoms with Crippen LogP contribution in [0.3, 0.4) is 0 Å². The lowest BCUT2D eigenvalue weighted by atomic mass is 10.0. The van der Waals surface area contributed by atoms with Crippen LogP contribution in [0.5, 0.6) is 0 Å². The van der Waals surface area contributed by atoms with Crippen LogP contribution in [0.2, 0.25) is 0 Å². The van der Waals surface area contributed by atoms with Crippen molar-refractivity contribution in [1.29, 1.82) is 0 Å². The first-order valence-corrected chi connectivity index (χ1v) is 7.63. The van der Waals surface area contributed by atoms with Gasteiger partial charge >= 0.3 is 0 Å². The highest BCUT2D eigenvalue weighted by molar-refractivity contribution is 8.45. The summed E-state index contributed by atoms with van der Waals surface area (Å²) < 4.78 is 0.860. The summed E-state index contributed by atoms with van der Waals surface area (Å²) >= 11 is 2.85. The summed E-state index contributed by atoms with van der Waals surface area (Å²) in [6, 6.07) is 6.23. The van der Waals surface area contributed by atoms with Crippen molar-refractivity contribution in [3.8, 4) is 0 Å². The number of rotatable bonds is 2. The first-order chi connectivity index (χ1) is 8.60. The molecule has 0 fully saturated rings. The minimum Gasteiger partial charge on any atom is -0.279 e. The Kier molecular flexibility index (Phi) is 4.30. The highest BCUT2D eigenvalue weighted by Crippen LogP contribution is 2.31. The Hall–Kier alpha value is -1.000. The summed E-state index contributed by atoms with van der Waals surface area (Å²) in [6.07, 6.45) is 1.89. The molecular weight excluding hydrogens is 262 g/mol. The summed E-state index contributed by atoms with van der Waals surface area (Å²) in [7, 11) is 0. The first kappa shape index (κ1) is 13.4. The molecule has 0 bridgehead atoms. The second kappa shape index (κ2) is 5.76. The third-order valence-electron chi connectivity index (χ3n) is 2.60. The third kappa shape index (κ3) is 3.06. The summed E-state index contributed by atoms with van der Waals surface area (Å²) in [5, 5.41) is 0.0480. The van der Waals surface area contributed by atoms with Crippen molar-refractivity contribution in [2.45, 2.75) is 20.8 Å². The Morgan fingerprint density at radius 3 is 2.89 bits per heavy atom. The van der Waals surface area contributed by atoms with E-state index in [0.717, 1.165) is 21.3 Å². The lowest BCUT2D eigenvalue weighted by molar-refractivity contribution is -0.107. The Balaban J connectivity index is 2.33. The Morgan fingerprint density at radius 2 is 2.17 bits per heavy atom. The average molecular weight is 277 g/mol. The molecule has 18 heavy (non-hydrogen) atoms. The largest absolute Gasteiger partial charge is 0.279 e. The molecular formula is C14H15NOS2. The van der Waals surface area contributed by atoms with Gasteiger partial charge < -0.3 is 0 Å². The maximum absolute atomic E-state index is 11.8. The molecule has 0 saturated carbocycles. The van der Waals surface area contributed by atoms with Gasteiger partial charge in [-0.1, -0.05) is 42.4 Å². The number of thioether (sulfide) groups is 2. The van der Waals surface area contributed by atoms with Crippen molar-refractivity contribution in [3.05, 3.63) is 40.6 Å². The van der Waals surface area contributed by atoms with Gasteiger partial charge in [0, 0.05) is 0 Å². The minimum atomic E-state index is 0.0480. The van der Waals surface area contributed by atoms with Gasteiger partial charge in [-0.15, -0.1) is 0 Å². The topological polar surface area (TPSA) is 29.4 Å². The summed E-state index contributed by atoms with van der Waals surface area (Å²) in [5.41, 5.74) is 3.99. The number of benzene rings is 1. The van der Waals surface area contributed by atoms with Crippen LogP contribution >= 0.6 is 23.5 Å². The van der Waals surface area contributed by atoms with Gasteiger partial charge in [-0.05, 0) is 48.6 Å². The van der Waals surface area contributed by atoms with Crippen molar-refractivity contribution < 1.29 is 4.79 Å². The molecule has 0 spiro atoms. The fraction of sp³-hybridized carbons (Fsp3) is 0.286. The Bertz CT molecular complexity index is 547. The van der Waals surface area contributed by atoms with Gasteiger partial charge in [-0.2, -0.15) is 0 Å². The lowest BCUT2D eigenvalue weighted by Gasteiger charge is -2.02. The van der Waals surface area contributed by atoms with Gasteiger partial charge in [-0.3, -0.25) is 4.79 Å². The van der Waals surface area contributed by atoms with Crippen molar-refractivity contribution in [3.63, 3.8) is 0 Å². The van der Waals surface area contributed by atoms with Crippen LogP contribution in [0, 0.1) is 13.8 Å². The number of carbonyl (C=O) groups excluding carboxylic acids is 1. The molecule has 0 saturated heterocycles. The van der Waals surface area contributed by atoms with Gasteiger partial charge in [0.1, 0.15) is 10.1 Å². The predicted molar refractivity (Wildman–Crippen MR) is 82.1 cm³/mol. The molecule has 0 aromatic heterocycles. The molecule has 4 heteroatoms. The fourth-order valence-corrected chi connectivity index (χ4v) is 3.38. The number of aliphatic imine (C=N–C) groups is 1. The predicted octanol–water partition coefficient (Wildman–Crippen LogP) is 4.03. The zero-order chi connectivity index (χ0) is 13.1. The quantitative estimate of drug-likeness (QED) is 0.764. The number of aryl methyl sites for hydroxylation is 2. The lowest BCUT2D eigenvalue weighted by Crippen LogP contribution is -1.90. The molecule has 2 rings (SSSR count). The molecule has 0 amide bonds. The molecule has 94 valence electrons. The molecule has 0 aliphatic carbocycles. The normalized spacial score (nSPS) is 17.4. The number of carbonyl (C=O) groups is 1. The highest BCUT2D eigenvalue weighted by Gasteiger charge is 2.21. The molecule has 1 aliphatic heterocycles. The first-order valence-electron chi connectivity index (χ1n) is 5.82. The minimum absolute atomic E-state index is 0.0480. The maximum Gasteiger partial charge on any atom is 0.244 e. The standard InChI is InChI=1S/C14H15NOS2/c1-4-17-14-15-12(13(16)18-14)8-11-7-9(2)5-6-10(11)3/h5-8H,4H2,1-3H3/b12-8-. The molecule has 1 aromatic carbocycles. The van der Waals surface area contributed by atoms with Crippen LogP contribution in [0.1, 0.15) is 23.6 Å². The molecule has 0 unspecified atom stereocenters. The fourth-order valence-electron chi connectivity index (χ4n) is 1.64. The zero-order valence-corrected chi connectivity index (χ0v) is 12.3. The molecule has 1 aliphatic rings. The molecule has 2 nitrogen and oxygen atoms in total. The highest BCUT2D eigenvalue weighted by atomic mass is 32.2. The maximum atomic E-state index is 11.8. The van der Waals surface area contributed by atoms with E-state index in [0.29, 0.717) is 5.70 Å². The van der Waals surface area contributed by atoms with Gasteiger partial charge in [0.25, 0.3) is 0 Å². The van der Waals surface area contributed by atoms with E-state index in [9.17, 15) is 4.79 Å². The van der Waals surface area contributed by atoms with Crippen molar-refractivity contribution in [2.75, 3.05) is 5.75 Å². The van der Waals surface area contributed by atoms with Crippen molar-refractivity contribution in [2.24, 2.45) is 4.99 Å². The van der Waals surface area contributed by atoms with Gasteiger partial charge in [0.15, 0.2) is 0 Å². The molecule has 0 N–H and O–H groups in total. The van der Waals surface area contributed by atoms with Crippen LogP contribution in [-0.2, 0) is 4.79 Å².